The van der Waals surface area contributed by atoms with Crippen molar-refractivity contribution < 1.29 is 9.18 Å². The van der Waals surface area contributed by atoms with Crippen LogP contribution in [0, 0.1) is 0 Å². The van der Waals surface area contributed by atoms with E-state index in [-0.39, 0.29) is 5.56 Å². The number of alkyl halides is 1. The normalized spacial score (nSPS) is 12.6. The zero-order valence-electron chi connectivity index (χ0n) is 5.93. The van der Waals surface area contributed by atoms with Gasteiger partial charge in [-0.05, 0) is 29.3 Å². The molecular weight excluding hydrogens is 246 g/mol. The molecule has 0 saturated heterocycles. The van der Waals surface area contributed by atoms with Crippen molar-refractivity contribution in [2.45, 2.75) is 6.17 Å². The third-order valence-corrected chi connectivity index (χ3v) is 2.08. The van der Waals surface area contributed by atoms with Crippen LogP contribution in [0.5, 0.6) is 0 Å². The van der Waals surface area contributed by atoms with Gasteiger partial charge in [-0.2, -0.15) is 0 Å². The van der Waals surface area contributed by atoms with E-state index in [4.69, 9.17) is 11.6 Å². The second-order valence-corrected chi connectivity index (χ2v) is 3.51. The zero-order valence-corrected chi connectivity index (χ0v) is 8.27. The molecule has 0 fully saturated rings. The van der Waals surface area contributed by atoms with E-state index in [1.165, 1.54) is 12.1 Å². The highest BCUT2D eigenvalue weighted by molar-refractivity contribution is 9.10. The fraction of sp³-hybridized carbons (Fsp3) is 0.125. The molecule has 1 unspecified atom stereocenters. The van der Waals surface area contributed by atoms with E-state index in [9.17, 15) is 9.18 Å². The molecule has 0 aromatic heterocycles. The van der Waals surface area contributed by atoms with E-state index in [1.807, 2.05) is 0 Å². The maximum absolute atomic E-state index is 12.9. The van der Waals surface area contributed by atoms with Crippen molar-refractivity contribution in [2.24, 2.45) is 0 Å². The minimum atomic E-state index is -1.72. The molecule has 0 radical (unpaired) electrons. The van der Waals surface area contributed by atoms with E-state index >= 15 is 0 Å². The van der Waals surface area contributed by atoms with Crippen LogP contribution in [0.3, 0.4) is 0 Å². The fourth-order valence-electron chi connectivity index (χ4n) is 0.763. The Balaban J connectivity index is 2.89. The van der Waals surface area contributed by atoms with Gasteiger partial charge in [0.15, 0.2) is 6.17 Å². The van der Waals surface area contributed by atoms with Crippen LogP contribution < -0.4 is 0 Å². The van der Waals surface area contributed by atoms with Gasteiger partial charge < -0.3 is 0 Å². The van der Waals surface area contributed by atoms with Crippen molar-refractivity contribution in [3.8, 4) is 0 Å². The Bertz CT molecular complexity index is 286. The van der Waals surface area contributed by atoms with Crippen molar-refractivity contribution in [2.75, 3.05) is 0 Å². The van der Waals surface area contributed by atoms with Crippen molar-refractivity contribution >= 4 is 32.8 Å². The summed E-state index contributed by atoms with van der Waals surface area (Å²) in [4.78, 5) is 10.4. The first-order valence-electron chi connectivity index (χ1n) is 3.20. The second-order valence-electron chi connectivity index (χ2n) is 2.22. The Labute approximate surface area is 82.7 Å². The Morgan fingerprint density at radius 3 is 2.33 bits per heavy atom. The summed E-state index contributed by atoms with van der Waals surface area (Å²) >= 11 is 8.17. The molecule has 0 aliphatic rings. The van der Waals surface area contributed by atoms with Gasteiger partial charge in [0.1, 0.15) is 0 Å². The molecule has 1 aromatic rings. The van der Waals surface area contributed by atoms with Crippen LogP contribution in [0.25, 0.3) is 0 Å². The van der Waals surface area contributed by atoms with E-state index in [1.54, 1.807) is 12.1 Å². The largest absolute Gasteiger partial charge is 0.278 e. The molecule has 0 bridgehead atoms. The molecule has 1 atom stereocenters. The summed E-state index contributed by atoms with van der Waals surface area (Å²) < 4.78 is 13.7. The van der Waals surface area contributed by atoms with Gasteiger partial charge in [0.2, 0.25) is 0 Å². The standard InChI is InChI=1S/C8H5BrClFO/c9-6-3-1-5(2-4-6)7(11)8(10)12/h1-4,7H. The summed E-state index contributed by atoms with van der Waals surface area (Å²) in [5.41, 5.74) is 0.276. The van der Waals surface area contributed by atoms with Crippen LogP contribution in [0.1, 0.15) is 11.7 Å². The highest BCUT2D eigenvalue weighted by Gasteiger charge is 2.16. The number of benzene rings is 1. The van der Waals surface area contributed by atoms with Crippen molar-refractivity contribution in [1.29, 1.82) is 0 Å². The van der Waals surface area contributed by atoms with Crippen LogP contribution in [0.4, 0.5) is 4.39 Å². The maximum Gasteiger partial charge on any atom is 0.260 e. The fourth-order valence-corrected chi connectivity index (χ4v) is 1.15. The molecule has 0 saturated carbocycles. The van der Waals surface area contributed by atoms with Gasteiger partial charge in [-0.1, -0.05) is 28.1 Å². The van der Waals surface area contributed by atoms with Crippen molar-refractivity contribution in [3.05, 3.63) is 34.3 Å². The molecule has 0 heterocycles. The molecule has 12 heavy (non-hydrogen) atoms. The quantitative estimate of drug-likeness (QED) is 0.738. The highest BCUT2D eigenvalue weighted by atomic mass is 79.9. The highest BCUT2D eigenvalue weighted by Crippen LogP contribution is 2.21. The number of halogens is 3. The molecule has 4 heteroatoms. The first kappa shape index (κ1) is 9.68. The lowest BCUT2D eigenvalue weighted by molar-refractivity contribution is -0.116. The van der Waals surface area contributed by atoms with Gasteiger partial charge in [0.05, 0.1) is 0 Å². The van der Waals surface area contributed by atoms with Gasteiger partial charge in [-0.25, -0.2) is 4.39 Å². The SMILES string of the molecule is O=C(Cl)C(F)c1ccc(Br)cc1. The average molecular weight is 251 g/mol. The Morgan fingerprint density at radius 2 is 1.92 bits per heavy atom. The molecule has 0 aliphatic heterocycles. The smallest absolute Gasteiger partial charge is 0.260 e. The number of hydrogen-bond acceptors (Lipinski definition) is 1. The zero-order chi connectivity index (χ0) is 9.14. The molecule has 1 rings (SSSR count). The Hall–Kier alpha value is -0.410. The first-order chi connectivity index (χ1) is 5.61. The van der Waals surface area contributed by atoms with Gasteiger partial charge in [-0.3, -0.25) is 4.79 Å². The minimum absolute atomic E-state index is 0.276. The van der Waals surface area contributed by atoms with Crippen LogP contribution in [0.15, 0.2) is 28.7 Å². The molecule has 0 spiro atoms. The summed E-state index contributed by atoms with van der Waals surface area (Å²) in [5, 5.41) is -0.989. The van der Waals surface area contributed by atoms with Crippen LogP contribution in [-0.4, -0.2) is 5.24 Å². The molecule has 64 valence electrons. The van der Waals surface area contributed by atoms with Crippen LogP contribution >= 0.6 is 27.5 Å². The summed E-state index contributed by atoms with van der Waals surface area (Å²) in [7, 11) is 0. The number of carbonyl (C=O) groups is 1. The first-order valence-corrected chi connectivity index (χ1v) is 4.37. The van der Waals surface area contributed by atoms with E-state index in [2.05, 4.69) is 15.9 Å². The van der Waals surface area contributed by atoms with Gasteiger partial charge >= 0.3 is 0 Å². The van der Waals surface area contributed by atoms with Crippen LogP contribution in [0.2, 0.25) is 0 Å². The topological polar surface area (TPSA) is 17.1 Å². The molecule has 0 N–H and O–H groups in total. The Kier molecular flexibility index (Phi) is 3.23. The van der Waals surface area contributed by atoms with E-state index in [0.717, 1.165) is 4.47 Å². The third-order valence-electron chi connectivity index (χ3n) is 1.36. The molecule has 1 nitrogen and oxygen atoms in total. The monoisotopic (exact) mass is 250 g/mol. The Morgan fingerprint density at radius 1 is 1.42 bits per heavy atom. The number of rotatable bonds is 2. The predicted octanol–water partition coefficient (Wildman–Crippen LogP) is 3.23. The van der Waals surface area contributed by atoms with Crippen molar-refractivity contribution in [3.63, 3.8) is 0 Å². The van der Waals surface area contributed by atoms with E-state index in [0.29, 0.717) is 0 Å². The van der Waals surface area contributed by atoms with Gasteiger partial charge in [0, 0.05) is 4.47 Å². The lowest BCUT2D eigenvalue weighted by Crippen LogP contribution is -1.99. The van der Waals surface area contributed by atoms with Crippen molar-refractivity contribution in [1.82, 2.24) is 0 Å². The lowest BCUT2D eigenvalue weighted by atomic mass is 10.1. The molecule has 1 aromatic carbocycles. The molecule has 0 aliphatic carbocycles. The third kappa shape index (κ3) is 2.29. The summed E-state index contributed by atoms with van der Waals surface area (Å²) in [6, 6.07) is 6.33. The lowest BCUT2D eigenvalue weighted by Gasteiger charge is -2.01. The van der Waals surface area contributed by atoms with Gasteiger partial charge in [-0.15, -0.1) is 0 Å². The number of carbonyl (C=O) groups excluding carboxylic acids is 1. The average Bonchev–Trinajstić information content (AvgIpc) is 2.04. The minimum Gasteiger partial charge on any atom is -0.278 e. The summed E-state index contributed by atoms with van der Waals surface area (Å²) in [6.45, 7) is 0. The molecular formula is C8H5BrClFO. The van der Waals surface area contributed by atoms with E-state index < -0.39 is 11.4 Å². The second kappa shape index (κ2) is 4.01. The van der Waals surface area contributed by atoms with Gasteiger partial charge in [0.25, 0.3) is 5.24 Å². The van der Waals surface area contributed by atoms with Crippen LogP contribution in [-0.2, 0) is 4.79 Å². The summed E-state index contributed by atoms with van der Waals surface area (Å²) in [6.07, 6.45) is -1.72. The summed E-state index contributed by atoms with van der Waals surface area (Å²) in [5.74, 6) is 0. The maximum atomic E-state index is 12.9. The predicted molar refractivity (Wildman–Crippen MR) is 48.9 cm³/mol. The number of hydrogen-bond donors (Lipinski definition) is 0. The molecule has 0 amide bonds.